The number of carbonyl (C=O) groups excluding carboxylic acids is 1. The lowest BCUT2D eigenvalue weighted by molar-refractivity contribution is -0.174. The Hall–Kier alpha value is -0.830. The van der Waals surface area contributed by atoms with Crippen LogP contribution < -0.4 is 0 Å². The maximum atomic E-state index is 11.8. The van der Waals surface area contributed by atoms with E-state index in [1.165, 1.54) is 0 Å². The molecule has 1 aliphatic rings. The molecule has 0 atom stereocenters. The van der Waals surface area contributed by atoms with Crippen LogP contribution in [0.3, 0.4) is 0 Å². The molecule has 0 bridgehead atoms. The second kappa shape index (κ2) is 5.21. The predicted molar refractivity (Wildman–Crippen MR) is 67.8 cm³/mol. The van der Waals surface area contributed by atoms with Crippen molar-refractivity contribution in [2.24, 2.45) is 5.41 Å². The molecule has 1 rings (SSSR count). The molecule has 1 aliphatic carbocycles. The number of hydrogen-bond acceptors (Lipinski definition) is 3. The first-order valence-electron chi connectivity index (χ1n) is 6.22. The Kier molecular flexibility index (Phi) is 4.36. The largest absolute Gasteiger partial charge is 0.455 e. The van der Waals surface area contributed by atoms with Crippen molar-refractivity contribution in [3.63, 3.8) is 0 Å². The standard InChI is InChI=1S/C14H24O3/c1-11(2)12(15)17-14(8-6-7-9-14)13(3,4)10-16-5/h1,6-10H2,2-5H3. The van der Waals surface area contributed by atoms with Crippen molar-refractivity contribution in [3.05, 3.63) is 12.2 Å². The monoisotopic (exact) mass is 240 g/mol. The van der Waals surface area contributed by atoms with E-state index in [9.17, 15) is 4.79 Å². The second-order valence-electron chi connectivity index (χ2n) is 5.69. The number of carbonyl (C=O) groups is 1. The molecule has 3 heteroatoms. The van der Waals surface area contributed by atoms with Crippen LogP contribution in [-0.2, 0) is 14.3 Å². The molecule has 3 nitrogen and oxygen atoms in total. The minimum Gasteiger partial charge on any atom is -0.455 e. The third-order valence-electron chi connectivity index (χ3n) is 3.79. The van der Waals surface area contributed by atoms with Crippen LogP contribution >= 0.6 is 0 Å². The zero-order chi connectivity index (χ0) is 13.1. The number of hydrogen-bond donors (Lipinski definition) is 0. The molecule has 0 aromatic rings. The molecule has 0 aromatic carbocycles. The van der Waals surface area contributed by atoms with E-state index in [0.717, 1.165) is 25.7 Å². The Morgan fingerprint density at radius 2 is 1.88 bits per heavy atom. The van der Waals surface area contributed by atoms with E-state index in [0.29, 0.717) is 12.2 Å². The highest BCUT2D eigenvalue weighted by Gasteiger charge is 2.50. The lowest BCUT2D eigenvalue weighted by Gasteiger charge is -2.43. The smallest absolute Gasteiger partial charge is 0.333 e. The molecule has 0 spiro atoms. The summed E-state index contributed by atoms with van der Waals surface area (Å²) in [6, 6.07) is 0. The van der Waals surface area contributed by atoms with E-state index in [1.807, 2.05) is 0 Å². The number of methoxy groups -OCH3 is 1. The van der Waals surface area contributed by atoms with Gasteiger partial charge in [0.2, 0.25) is 0 Å². The topological polar surface area (TPSA) is 35.5 Å². The summed E-state index contributed by atoms with van der Waals surface area (Å²) >= 11 is 0. The minimum absolute atomic E-state index is 0.163. The van der Waals surface area contributed by atoms with E-state index in [2.05, 4.69) is 20.4 Å². The van der Waals surface area contributed by atoms with Gasteiger partial charge in [0.05, 0.1) is 6.61 Å². The quantitative estimate of drug-likeness (QED) is 0.547. The van der Waals surface area contributed by atoms with Crippen LogP contribution in [0.2, 0.25) is 0 Å². The minimum atomic E-state index is -0.390. The van der Waals surface area contributed by atoms with Crippen LogP contribution in [0.25, 0.3) is 0 Å². The Labute approximate surface area is 104 Å². The van der Waals surface area contributed by atoms with Gasteiger partial charge in [0.1, 0.15) is 5.60 Å². The fourth-order valence-electron chi connectivity index (χ4n) is 2.62. The van der Waals surface area contributed by atoms with Crippen LogP contribution in [-0.4, -0.2) is 25.3 Å². The molecule has 0 heterocycles. The van der Waals surface area contributed by atoms with Crippen LogP contribution in [0.1, 0.15) is 46.5 Å². The molecular formula is C14H24O3. The zero-order valence-electron chi connectivity index (χ0n) is 11.5. The summed E-state index contributed by atoms with van der Waals surface area (Å²) in [5.41, 5.74) is -0.0907. The summed E-state index contributed by atoms with van der Waals surface area (Å²) in [7, 11) is 1.69. The lowest BCUT2D eigenvalue weighted by Crippen LogP contribution is -2.48. The fourth-order valence-corrected chi connectivity index (χ4v) is 2.62. The predicted octanol–water partition coefficient (Wildman–Crippen LogP) is 3.09. The maximum absolute atomic E-state index is 11.8. The first-order valence-corrected chi connectivity index (χ1v) is 6.22. The highest BCUT2D eigenvalue weighted by Crippen LogP contribution is 2.47. The summed E-state index contributed by atoms with van der Waals surface area (Å²) in [4.78, 5) is 11.8. The molecule has 0 unspecified atom stereocenters. The van der Waals surface area contributed by atoms with Crippen LogP contribution in [0.15, 0.2) is 12.2 Å². The molecule has 17 heavy (non-hydrogen) atoms. The van der Waals surface area contributed by atoms with Crippen molar-refractivity contribution in [1.82, 2.24) is 0 Å². The van der Waals surface area contributed by atoms with Gasteiger partial charge in [-0.05, 0) is 32.6 Å². The van der Waals surface area contributed by atoms with Crippen molar-refractivity contribution in [1.29, 1.82) is 0 Å². The number of ether oxygens (including phenoxy) is 2. The summed E-state index contributed by atoms with van der Waals surface area (Å²) in [6.45, 7) is 10.1. The second-order valence-corrected chi connectivity index (χ2v) is 5.69. The van der Waals surface area contributed by atoms with E-state index in [4.69, 9.17) is 9.47 Å². The molecule has 1 saturated carbocycles. The molecule has 0 N–H and O–H groups in total. The number of rotatable bonds is 5. The van der Waals surface area contributed by atoms with E-state index < -0.39 is 0 Å². The molecule has 98 valence electrons. The summed E-state index contributed by atoms with van der Waals surface area (Å²) < 4.78 is 11.0. The van der Waals surface area contributed by atoms with Crippen molar-refractivity contribution in [2.75, 3.05) is 13.7 Å². The molecule has 0 radical (unpaired) electrons. The van der Waals surface area contributed by atoms with Gasteiger partial charge >= 0.3 is 5.97 Å². The first kappa shape index (κ1) is 14.2. The average molecular weight is 240 g/mol. The molecule has 0 aliphatic heterocycles. The number of esters is 1. The van der Waals surface area contributed by atoms with Gasteiger partial charge < -0.3 is 9.47 Å². The summed E-state index contributed by atoms with van der Waals surface area (Å²) in [6.07, 6.45) is 4.05. The van der Waals surface area contributed by atoms with Crippen molar-refractivity contribution < 1.29 is 14.3 Å². The third-order valence-corrected chi connectivity index (χ3v) is 3.79. The van der Waals surface area contributed by atoms with Gasteiger partial charge in [-0.3, -0.25) is 0 Å². The van der Waals surface area contributed by atoms with Gasteiger partial charge in [-0.2, -0.15) is 0 Å². The first-order chi connectivity index (χ1) is 7.84. The third kappa shape index (κ3) is 2.89. The summed E-state index contributed by atoms with van der Waals surface area (Å²) in [5, 5.41) is 0. The highest BCUT2D eigenvalue weighted by molar-refractivity contribution is 5.87. The van der Waals surface area contributed by atoms with E-state index in [-0.39, 0.29) is 17.0 Å². The van der Waals surface area contributed by atoms with Gasteiger partial charge in [0.25, 0.3) is 0 Å². The fraction of sp³-hybridized carbons (Fsp3) is 0.786. The Bertz CT molecular complexity index is 299. The van der Waals surface area contributed by atoms with Crippen LogP contribution in [0, 0.1) is 5.41 Å². The SMILES string of the molecule is C=C(C)C(=O)OC1(C(C)(C)COC)CCCC1. The Morgan fingerprint density at radius 1 is 1.35 bits per heavy atom. The maximum Gasteiger partial charge on any atom is 0.333 e. The van der Waals surface area contributed by atoms with Crippen molar-refractivity contribution in [3.8, 4) is 0 Å². The van der Waals surface area contributed by atoms with E-state index >= 15 is 0 Å². The lowest BCUT2D eigenvalue weighted by atomic mass is 9.74. The van der Waals surface area contributed by atoms with Crippen LogP contribution in [0.4, 0.5) is 0 Å². The van der Waals surface area contributed by atoms with Gasteiger partial charge in [-0.15, -0.1) is 0 Å². The van der Waals surface area contributed by atoms with Crippen LogP contribution in [0.5, 0.6) is 0 Å². The van der Waals surface area contributed by atoms with Gasteiger partial charge in [-0.1, -0.05) is 20.4 Å². The van der Waals surface area contributed by atoms with Gasteiger partial charge in [0, 0.05) is 18.1 Å². The molecule has 0 amide bonds. The Morgan fingerprint density at radius 3 is 2.29 bits per heavy atom. The molecule has 1 fully saturated rings. The van der Waals surface area contributed by atoms with Gasteiger partial charge in [-0.25, -0.2) is 4.79 Å². The van der Waals surface area contributed by atoms with Crippen molar-refractivity contribution >= 4 is 5.97 Å². The zero-order valence-corrected chi connectivity index (χ0v) is 11.5. The Balaban J connectivity index is 2.89. The molecular weight excluding hydrogens is 216 g/mol. The summed E-state index contributed by atoms with van der Waals surface area (Å²) in [5.74, 6) is -0.281. The van der Waals surface area contributed by atoms with E-state index in [1.54, 1.807) is 14.0 Å². The average Bonchev–Trinajstić information content (AvgIpc) is 2.67. The molecule has 0 aromatic heterocycles. The molecule has 0 saturated heterocycles. The highest BCUT2D eigenvalue weighted by atomic mass is 16.6. The van der Waals surface area contributed by atoms with Crippen molar-refractivity contribution in [2.45, 2.75) is 52.1 Å². The normalized spacial score (nSPS) is 19.1. The van der Waals surface area contributed by atoms with Gasteiger partial charge in [0.15, 0.2) is 0 Å².